The van der Waals surface area contributed by atoms with Gasteiger partial charge >= 0.3 is 6.72 Å². The van der Waals surface area contributed by atoms with E-state index in [1.54, 1.807) is 0 Å². The highest BCUT2D eigenvalue weighted by molar-refractivity contribution is 8.56. The maximum Gasteiger partial charge on any atom is 0.351 e. The summed E-state index contributed by atoms with van der Waals surface area (Å²) in [6.07, 6.45) is 3.40. The zero-order chi connectivity index (χ0) is 10.9. The van der Waals surface area contributed by atoms with E-state index >= 15 is 0 Å². The van der Waals surface area contributed by atoms with Crippen LogP contribution in [0, 0.1) is 0 Å². The molecule has 0 aromatic heterocycles. The van der Waals surface area contributed by atoms with E-state index < -0.39 is 6.72 Å². The first-order valence-electron chi connectivity index (χ1n) is 4.79. The molecule has 0 fully saturated rings. The summed E-state index contributed by atoms with van der Waals surface area (Å²) < 4.78 is 17.1. The van der Waals surface area contributed by atoms with Crippen molar-refractivity contribution in [2.75, 3.05) is 12.4 Å². The predicted octanol–water partition coefficient (Wildman–Crippen LogP) is 3.60. The molecule has 0 radical (unpaired) electrons. The van der Waals surface area contributed by atoms with Crippen LogP contribution in [0.4, 0.5) is 0 Å². The van der Waals surface area contributed by atoms with Gasteiger partial charge < -0.3 is 9.61 Å². The summed E-state index contributed by atoms with van der Waals surface area (Å²) in [4.78, 5) is 0. The molecule has 0 aliphatic rings. The summed E-state index contributed by atoms with van der Waals surface area (Å²) in [6.45, 7) is 1.65. The Kier molecular flexibility index (Phi) is 8.98. The highest BCUT2D eigenvalue weighted by Gasteiger charge is 2.20. The van der Waals surface area contributed by atoms with Gasteiger partial charge in [-0.25, -0.2) is 0 Å². The Labute approximate surface area is 95.6 Å². The summed E-state index contributed by atoms with van der Waals surface area (Å²) >= 11 is 5.95. The lowest BCUT2D eigenvalue weighted by Gasteiger charge is -2.15. The summed E-state index contributed by atoms with van der Waals surface area (Å²) in [5, 5.41) is 2.62. The molecule has 6 heteroatoms. The van der Waals surface area contributed by atoms with Crippen LogP contribution in [0.15, 0.2) is 0 Å². The standard InChI is InChI=1S/C8H18NO2PS2/c1-3-5-6-7-14-12(10,9-8-13)11-4-2/h8H,3-7H2,1-2H3,(H,9,10,13). The highest BCUT2D eigenvalue weighted by atomic mass is 32.7. The molecule has 0 aromatic rings. The van der Waals surface area contributed by atoms with Gasteiger partial charge in [-0.05, 0) is 24.7 Å². The number of thiocarbonyl (C=S) groups is 1. The molecule has 1 N–H and O–H groups in total. The Balaban J connectivity index is 3.83. The van der Waals surface area contributed by atoms with Gasteiger partial charge in [0.1, 0.15) is 0 Å². The van der Waals surface area contributed by atoms with Crippen LogP contribution in [0.5, 0.6) is 0 Å². The fourth-order valence-electron chi connectivity index (χ4n) is 0.883. The van der Waals surface area contributed by atoms with E-state index in [2.05, 4.69) is 24.2 Å². The van der Waals surface area contributed by atoms with E-state index in [1.165, 1.54) is 23.3 Å². The molecular weight excluding hydrogens is 237 g/mol. The number of unbranched alkanes of at least 4 members (excludes halogenated alkanes) is 2. The van der Waals surface area contributed by atoms with E-state index in [-0.39, 0.29) is 0 Å². The van der Waals surface area contributed by atoms with E-state index in [0.717, 1.165) is 18.6 Å². The number of hydrogen-bond acceptors (Lipinski definition) is 4. The smallest absolute Gasteiger partial charge is 0.306 e. The fourth-order valence-corrected chi connectivity index (χ4v) is 4.80. The minimum atomic E-state index is -2.75. The van der Waals surface area contributed by atoms with Gasteiger partial charge in [-0.1, -0.05) is 32.0 Å². The minimum absolute atomic E-state index is 0.439. The van der Waals surface area contributed by atoms with Crippen molar-refractivity contribution in [3.8, 4) is 0 Å². The summed E-state index contributed by atoms with van der Waals surface area (Å²) in [5.41, 5.74) is 1.27. The molecule has 0 bridgehead atoms. The first-order chi connectivity index (χ1) is 6.68. The molecule has 0 rings (SSSR count). The first kappa shape index (κ1) is 14.4. The molecule has 0 amide bonds. The van der Waals surface area contributed by atoms with Crippen molar-refractivity contribution < 1.29 is 9.09 Å². The van der Waals surface area contributed by atoms with Crippen LogP contribution < -0.4 is 5.09 Å². The SMILES string of the molecule is CCCCCSP(=O)(NC=S)OCC. The van der Waals surface area contributed by atoms with Gasteiger partial charge in [0.2, 0.25) is 0 Å². The van der Waals surface area contributed by atoms with Gasteiger partial charge in [-0.3, -0.25) is 4.57 Å². The molecule has 3 nitrogen and oxygen atoms in total. The predicted molar refractivity (Wildman–Crippen MR) is 68.0 cm³/mol. The Morgan fingerprint density at radius 1 is 1.50 bits per heavy atom. The van der Waals surface area contributed by atoms with Gasteiger partial charge in [0.05, 0.1) is 12.1 Å². The molecule has 0 spiro atoms. The summed E-state index contributed by atoms with van der Waals surface area (Å²) in [6, 6.07) is 0. The van der Waals surface area contributed by atoms with Crippen molar-refractivity contribution in [3.63, 3.8) is 0 Å². The Morgan fingerprint density at radius 2 is 2.21 bits per heavy atom. The first-order valence-corrected chi connectivity index (χ1v) is 8.47. The van der Waals surface area contributed by atoms with Crippen molar-refractivity contribution >= 4 is 35.8 Å². The third-order valence-corrected chi connectivity index (χ3v) is 5.87. The van der Waals surface area contributed by atoms with Crippen LogP contribution in [0.25, 0.3) is 0 Å². The second kappa shape index (κ2) is 8.72. The fraction of sp³-hybridized carbons (Fsp3) is 0.875. The second-order valence-corrected chi connectivity index (χ2v) is 7.33. The molecule has 14 heavy (non-hydrogen) atoms. The zero-order valence-corrected chi connectivity index (χ0v) is 11.2. The Bertz CT molecular complexity index is 202. The molecule has 1 atom stereocenters. The third kappa shape index (κ3) is 6.82. The average molecular weight is 255 g/mol. The van der Waals surface area contributed by atoms with Crippen LogP contribution in [-0.4, -0.2) is 17.9 Å². The average Bonchev–Trinajstić information content (AvgIpc) is 2.13. The van der Waals surface area contributed by atoms with Crippen molar-refractivity contribution in [1.29, 1.82) is 0 Å². The van der Waals surface area contributed by atoms with Gasteiger partial charge in [-0.2, -0.15) is 0 Å². The number of hydrogen-bond donors (Lipinski definition) is 1. The van der Waals surface area contributed by atoms with Crippen LogP contribution in [0.3, 0.4) is 0 Å². The monoisotopic (exact) mass is 255 g/mol. The van der Waals surface area contributed by atoms with Crippen molar-refractivity contribution in [2.45, 2.75) is 33.1 Å². The van der Waals surface area contributed by atoms with E-state index in [1.807, 2.05) is 6.92 Å². The topological polar surface area (TPSA) is 38.3 Å². The molecule has 0 aliphatic heterocycles. The molecule has 0 saturated carbocycles. The van der Waals surface area contributed by atoms with Crippen molar-refractivity contribution in [1.82, 2.24) is 5.09 Å². The van der Waals surface area contributed by atoms with Crippen LogP contribution >= 0.6 is 30.3 Å². The van der Waals surface area contributed by atoms with Crippen LogP contribution in [0.1, 0.15) is 33.1 Å². The number of nitrogens with one attached hydrogen (secondary N) is 1. The molecule has 84 valence electrons. The van der Waals surface area contributed by atoms with Gasteiger partial charge in [0.15, 0.2) is 0 Å². The van der Waals surface area contributed by atoms with Gasteiger partial charge in [-0.15, -0.1) is 0 Å². The maximum absolute atomic E-state index is 11.9. The molecule has 0 saturated heterocycles. The van der Waals surface area contributed by atoms with Gasteiger partial charge in [0.25, 0.3) is 0 Å². The lowest BCUT2D eigenvalue weighted by Crippen LogP contribution is -2.06. The molecule has 0 heterocycles. The maximum atomic E-state index is 11.9. The van der Waals surface area contributed by atoms with Crippen LogP contribution in [-0.2, 0) is 9.09 Å². The Hall–Kier alpha value is 0.430. The second-order valence-electron chi connectivity index (χ2n) is 2.70. The van der Waals surface area contributed by atoms with E-state index in [0.29, 0.717) is 6.61 Å². The molecule has 0 aromatic carbocycles. The lowest BCUT2D eigenvalue weighted by molar-refractivity contribution is 0.343. The van der Waals surface area contributed by atoms with Crippen molar-refractivity contribution in [2.24, 2.45) is 0 Å². The zero-order valence-electron chi connectivity index (χ0n) is 8.69. The van der Waals surface area contributed by atoms with Crippen LogP contribution in [0.2, 0.25) is 0 Å². The van der Waals surface area contributed by atoms with E-state index in [9.17, 15) is 4.57 Å². The summed E-state index contributed by atoms with van der Waals surface area (Å²) in [7, 11) is 0. The normalized spacial score (nSPS) is 14.7. The van der Waals surface area contributed by atoms with Gasteiger partial charge in [0, 0.05) is 5.75 Å². The third-order valence-electron chi connectivity index (χ3n) is 1.52. The van der Waals surface area contributed by atoms with E-state index in [4.69, 9.17) is 4.52 Å². The summed E-state index contributed by atoms with van der Waals surface area (Å²) in [5.74, 6) is 0.849. The van der Waals surface area contributed by atoms with Crippen molar-refractivity contribution in [3.05, 3.63) is 0 Å². The lowest BCUT2D eigenvalue weighted by atomic mass is 10.3. The molecular formula is C8H18NO2PS2. The highest BCUT2D eigenvalue weighted by Crippen LogP contribution is 2.55. The molecule has 0 aliphatic carbocycles. The largest absolute Gasteiger partial charge is 0.351 e. The molecule has 1 unspecified atom stereocenters. The Morgan fingerprint density at radius 3 is 2.71 bits per heavy atom. The quantitative estimate of drug-likeness (QED) is 0.387. The number of rotatable bonds is 9. The minimum Gasteiger partial charge on any atom is -0.306 e.